The fourth-order valence-electron chi connectivity index (χ4n) is 5.46. The second kappa shape index (κ2) is 51.7. The van der Waals surface area contributed by atoms with Gasteiger partial charge in [0.05, 0.1) is 132 Å². The molecule has 0 aliphatic carbocycles. The van der Waals surface area contributed by atoms with Gasteiger partial charge in [0.15, 0.2) is 0 Å². The minimum Gasteiger partial charge on any atom is -0.463 e. The first-order valence-electron chi connectivity index (χ1n) is 22.8. The molecule has 0 fully saturated rings. The first kappa shape index (κ1) is 56.5. The van der Waals surface area contributed by atoms with E-state index < -0.39 is 0 Å². The van der Waals surface area contributed by atoms with Crippen molar-refractivity contribution in [1.29, 1.82) is 0 Å². The van der Waals surface area contributed by atoms with Crippen molar-refractivity contribution in [3.8, 4) is 0 Å². The first-order valence-corrected chi connectivity index (χ1v) is 22.8. The Hall–Kier alpha value is -1.46. The molecule has 0 aliphatic rings. The number of esters is 2. The summed E-state index contributed by atoms with van der Waals surface area (Å²) in [6.45, 7) is 14.5. The van der Waals surface area contributed by atoms with E-state index in [1.165, 1.54) is 77.0 Å². The highest BCUT2D eigenvalue weighted by molar-refractivity contribution is 5.69. The Labute approximate surface area is 352 Å². The first-order chi connectivity index (χ1) is 28.7. The van der Waals surface area contributed by atoms with E-state index in [4.69, 9.17) is 56.8 Å². The van der Waals surface area contributed by atoms with E-state index in [-0.39, 0.29) is 25.2 Å². The van der Waals surface area contributed by atoms with Gasteiger partial charge in [-0.15, -0.1) is 0 Å². The molecule has 0 saturated carbocycles. The van der Waals surface area contributed by atoms with Crippen molar-refractivity contribution in [2.24, 2.45) is 0 Å². The molecule has 0 heterocycles. The summed E-state index contributed by atoms with van der Waals surface area (Å²) >= 11 is 0. The number of rotatable bonds is 51. The van der Waals surface area contributed by atoms with Crippen LogP contribution in [0, 0.1) is 0 Å². The van der Waals surface area contributed by atoms with Crippen LogP contribution in [0.4, 0.5) is 0 Å². The smallest absolute Gasteiger partial charge is 0.305 e. The zero-order valence-corrected chi connectivity index (χ0v) is 37.0. The van der Waals surface area contributed by atoms with Crippen molar-refractivity contribution in [3.05, 3.63) is 0 Å². The SMILES string of the molecule is CCCCCCCCCCCC(=O)OCCOCCOCCOCCOCCOCCOCCOCCOCCOCCOCCOC(=O)CCCCCCCCC. The Morgan fingerprint density at radius 2 is 0.414 bits per heavy atom. The highest BCUT2D eigenvalue weighted by Gasteiger charge is 2.04. The molecular weight excluding hydrogens is 752 g/mol. The molecule has 0 atom stereocenters. The lowest BCUT2D eigenvalue weighted by molar-refractivity contribution is -0.146. The summed E-state index contributed by atoms with van der Waals surface area (Å²) in [6.07, 6.45) is 20.3. The van der Waals surface area contributed by atoms with E-state index in [1.54, 1.807) is 0 Å². The third-order valence-corrected chi connectivity index (χ3v) is 8.80. The Kier molecular flexibility index (Phi) is 50.4. The van der Waals surface area contributed by atoms with Gasteiger partial charge < -0.3 is 56.8 Å². The molecule has 0 amide bonds. The van der Waals surface area contributed by atoms with Gasteiger partial charge in [0.1, 0.15) is 13.2 Å². The van der Waals surface area contributed by atoms with Gasteiger partial charge >= 0.3 is 11.9 Å². The lowest BCUT2D eigenvalue weighted by Crippen LogP contribution is -2.16. The highest BCUT2D eigenvalue weighted by Crippen LogP contribution is 2.11. The molecule has 0 saturated heterocycles. The van der Waals surface area contributed by atoms with E-state index in [2.05, 4.69) is 13.8 Å². The molecule has 0 aromatic rings. The zero-order chi connectivity index (χ0) is 41.9. The summed E-state index contributed by atoms with van der Waals surface area (Å²) in [5.41, 5.74) is 0. The maximum absolute atomic E-state index is 11.8. The minimum absolute atomic E-state index is 0.139. The van der Waals surface area contributed by atoms with Gasteiger partial charge in [-0.1, -0.05) is 104 Å². The topological polar surface area (TPSA) is 145 Å². The van der Waals surface area contributed by atoms with Gasteiger partial charge in [-0.05, 0) is 12.8 Å². The Balaban J connectivity index is 3.14. The molecule has 0 radical (unpaired) electrons. The van der Waals surface area contributed by atoms with Crippen LogP contribution in [0.5, 0.6) is 0 Å². The van der Waals surface area contributed by atoms with Gasteiger partial charge in [0, 0.05) is 12.8 Å². The summed E-state index contributed by atoms with van der Waals surface area (Å²) in [5, 5.41) is 0. The largest absolute Gasteiger partial charge is 0.463 e. The molecule has 0 N–H and O–H groups in total. The third kappa shape index (κ3) is 50.7. The van der Waals surface area contributed by atoms with Crippen LogP contribution in [-0.2, 0) is 66.4 Å². The van der Waals surface area contributed by atoms with Crippen LogP contribution >= 0.6 is 0 Å². The summed E-state index contributed by atoms with van der Waals surface area (Å²) in [5.74, 6) is -0.282. The number of hydrogen-bond donors (Lipinski definition) is 0. The number of hydrogen-bond acceptors (Lipinski definition) is 14. The molecule has 346 valence electrons. The molecule has 58 heavy (non-hydrogen) atoms. The molecule has 0 bridgehead atoms. The van der Waals surface area contributed by atoms with E-state index in [1.807, 2.05) is 0 Å². The molecule has 0 rings (SSSR count). The summed E-state index contributed by atoms with van der Waals surface area (Å²) < 4.78 is 65.3. The standard InChI is InChI=1S/C44H86O14/c1-3-5-7-9-11-12-14-16-18-20-44(46)58-42-40-56-38-36-54-34-32-52-30-28-50-26-24-48-22-21-47-23-25-49-27-29-51-31-33-53-35-37-55-39-41-57-43(45)19-17-15-13-10-8-6-4-2/h3-42H2,1-2H3. The Morgan fingerprint density at radius 1 is 0.241 bits per heavy atom. The summed E-state index contributed by atoms with van der Waals surface area (Å²) in [4.78, 5) is 23.5. The quantitative estimate of drug-likeness (QED) is 0.0446. The number of carbonyl (C=O) groups is 2. The fraction of sp³-hybridized carbons (Fsp3) is 0.955. The maximum Gasteiger partial charge on any atom is 0.305 e. The molecule has 0 aromatic carbocycles. The lowest BCUT2D eigenvalue weighted by atomic mass is 10.1. The summed E-state index contributed by atoms with van der Waals surface area (Å²) in [7, 11) is 0. The van der Waals surface area contributed by atoms with Crippen LogP contribution in [0.2, 0.25) is 0 Å². The predicted molar refractivity (Wildman–Crippen MR) is 225 cm³/mol. The van der Waals surface area contributed by atoms with Crippen LogP contribution in [0.25, 0.3) is 0 Å². The lowest BCUT2D eigenvalue weighted by Gasteiger charge is -2.09. The Bertz CT molecular complexity index is 806. The molecule has 0 unspecified atom stereocenters. The normalized spacial score (nSPS) is 11.4. The van der Waals surface area contributed by atoms with Gasteiger partial charge in [-0.2, -0.15) is 0 Å². The van der Waals surface area contributed by atoms with Crippen LogP contribution < -0.4 is 0 Å². The van der Waals surface area contributed by atoms with Crippen molar-refractivity contribution < 1.29 is 66.4 Å². The van der Waals surface area contributed by atoms with Gasteiger partial charge in [-0.3, -0.25) is 9.59 Å². The van der Waals surface area contributed by atoms with Crippen LogP contribution in [0.1, 0.15) is 129 Å². The third-order valence-electron chi connectivity index (χ3n) is 8.80. The minimum atomic E-state index is -0.143. The van der Waals surface area contributed by atoms with Crippen molar-refractivity contribution >= 4 is 11.9 Å². The number of ether oxygens (including phenoxy) is 12. The van der Waals surface area contributed by atoms with Crippen LogP contribution in [0.15, 0.2) is 0 Å². The predicted octanol–water partition coefficient (Wildman–Crippen LogP) is 7.30. The van der Waals surface area contributed by atoms with E-state index in [0.717, 1.165) is 25.7 Å². The molecule has 0 spiro atoms. The second-order valence-corrected chi connectivity index (χ2v) is 14.0. The van der Waals surface area contributed by atoms with Crippen molar-refractivity contribution in [2.45, 2.75) is 129 Å². The van der Waals surface area contributed by atoms with Crippen molar-refractivity contribution in [2.75, 3.05) is 145 Å². The zero-order valence-electron chi connectivity index (χ0n) is 37.0. The van der Waals surface area contributed by atoms with E-state index in [9.17, 15) is 9.59 Å². The van der Waals surface area contributed by atoms with Crippen LogP contribution in [0.3, 0.4) is 0 Å². The number of carbonyl (C=O) groups excluding carboxylic acids is 2. The summed E-state index contributed by atoms with van der Waals surface area (Å²) in [6, 6.07) is 0. The van der Waals surface area contributed by atoms with Crippen molar-refractivity contribution in [1.82, 2.24) is 0 Å². The van der Waals surface area contributed by atoms with E-state index >= 15 is 0 Å². The Morgan fingerprint density at radius 3 is 0.621 bits per heavy atom. The molecule has 0 aliphatic heterocycles. The van der Waals surface area contributed by atoms with Crippen molar-refractivity contribution in [3.63, 3.8) is 0 Å². The molecule has 14 nitrogen and oxygen atoms in total. The molecule has 14 heteroatoms. The highest BCUT2D eigenvalue weighted by atomic mass is 16.6. The number of unbranched alkanes of at least 4 members (excludes halogenated alkanes) is 14. The molecular formula is C44H86O14. The van der Waals surface area contributed by atoms with Gasteiger partial charge in [0.2, 0.25) is 0 Å². The van der Waals surface area contributed by atoms with Gasteiger partial charge in [-0.25, -0.2) is 0 Å². The average molecular weight is 839 g/mol. The van der Waals surface area contributed by atoms with E-state index in [0.29, 0.717) is 145 Å². The average Bonchev–Trinajstić information content (AvgIpc) is 3.22. The van der Waals surface area contributed by atoms with Gasteiger partial charge in [0.25, 0.3) is 0 Å². The van der Waals surface area contributed by atoms with Crippen LogP contribution in [-0.4, -0.2) is 157 Å². The maximum atomic E-state index is 11.8. The molecule has 0 aromatic heterocycles. The monoisotopic (exact) mass is 839 g/mol. The fourth-order valence-corrected chi connectivity index (χ4v) is 5.46. The second-order valence-electron chi connectivity index (χ2n) is 14.0.